The van der Waals surface area contributed by atoms with Crippen LogP contribution < -0.4 is 10.4 Å². The molecule has 19 heavy (non-hydrogen) atoms. The number of ketones is 1. The Hall–Kier alpha value is -1.67. The zero-order valence-electron chi connectivity index (χ0n) is 10.2. The largest absolute Gasteiger partial charge is 0.289 e. The van der Waals surface area contributed by atoms with E-state index in [1.54, 1.807) is 6.08 Å². The maximum atomic E-state index is 12.2. The lowest BCUT2D eigenvalue weighted by atomic mass is 9.95. The maximum Gasteiger partial charge on any atom is 0.186 e. The molecule has 3 aliphatic carbocycles. The van der Waals surface area contributed by atoms with Crippen molar-refractivity contribution in [3.05, 3.63) is 68.1 Å². The van der Waals surface area contributed by atoms with Crippen molar-refractivity contribution < 1.29 is 4.79 Å². The summed E-state index contributed by atoms with van der Waals surface area (Å²) < 4.78 is 1.14. The van der Waals surface area contributed by atoms with Gasteiger partial charge in [0.05, 0.1) is 0 Å². The van der Waals surface area contributed by atoms with E-state index in [2.05, 4.69) is 40.2 Å². The molecule has 0 fully saturated rings. The number of benzene rings is 1. The molecule has 0 saturated carbocycles. The van der Waals surface area contributed by atoms with Crippen LogP contribution in [0.15, 0.2) is 46.5 Å². The fourth-order valence-electron chi connectivity index (χ4n) is 3.16. The third-order valence-electron chi connectivity index (χ3n) is 4.01. The summed E-state index contributed by atoms with van der Waals surface area (Å²) in [5.74, 6) is 0.140. The highest BCUT2D eigenvalue weighted by atomic mass is 79.9. The number of allylic oxidation sites excluding steroid dienone is 6. The van der Waals surface area contributed by atoms with Crippen LogP contribution in [-0.4, -0.2) is 5.78 Å². The summed E-state index contributed by atoms with van der Waals surface area (Å²) in [5.41, 5.74) is 4.84. The molecule has 0 amide bonds. The van der Waals surface area contributed by atoms with Crippen LogP contribution >= 0.6 is 15.9 Å². The molecule has 0 heterocycles. The third-order valence-corrected chi connectivity index (χ3v) is 4.56. The second-order valence-corrected chi connectivity index (χ2v) is 5.98. The first-order chi connectivity index (χ1) is 9.24. The normalized spacial score (nSPS) is 19.2. The lowest BCUT2D eigenvalue weighted by molar-refractivity contribution is 0.104. The fourth-order valence-corrected chi connectivity index (χ4v) is 3.60. The highest BCUT2D eigenvalue weighted by Gasteiger charge is 2.24. The Bertz CT molecular complexity index is 835. The number of fused-ring (bicyclic) bond motifs is 4. The minimum Gasteiger partial charge on any atom is -0.289 e. The average molecular weight is 311 g/mol. The molecule has 3 aliphatic rings. The Balaban J connectivity index is 2.05. The highest BCUT2D eigenvalue weighted by Crippen LogP contribution is 2.32. The van der Waals surface area contributed by atoms with Crippen molar-refractivity contribution >= 4 is 33.4 Å². The molecule has 2 heteroatoms. The molecular formula is C17H11BrO. The van der Waals surface area contributed by atoms with Crippen molar-refractivity contribution in [1.82, 2.24) is 0 Å². The molecule has 0 bridgehead atoms. The van der Waals surface area contributed by atoms with E-state index >= 15 is 0 Å². The number of rotatable bonds is 0. The van der Waals surface area contributed by atoms with E-state index in [1.165, 1.54) is 21.9 Å². The minimum atomic E-state index is 0.140. The summed E-state index contributed by atoms with van der Waals surface area (Å²) in [4.78, 5) is 12.2. The molecule has 0 aliphatic heterocycles. The standard InChI is InChI=1S/C17H11BrO/c18-12-5-7-13-11(8-12)9-15-14(13)6-4-10-2-1-3-16(19)17(10)15/h1-6,8H,7,9H2. The number of carbonyl (C=O) groups is 1. The number of carbonyl (C=O) groups excluding carboxylic acids is 1. The van der Waals surface area contributed by atoms with Crippen LogP contribution in [0.25, 0.3) is 11.6 Å². The average Bonchev–Trinajstić information content (AvgIpc) is 2.76. The Morgan fingerprint density at radius 1 is 1.21 bits per heavy atom. The van der Waals surface area contributed by atoms with Crippen LogP contribution in [0.5, 0.6) is 0 Å². The number of hydrogen-bond donors (Lipinski definition) is 0. The molecule has 0 saturated heterocycles. The number of halogens is 1. The molecule has 1 aromatic carbocycles. The van der Waals surface area contributed by atoms with Crippen molar-refractivity contribution in [2.24, 2.45) is 0 Å². The molecule has 1 nitrogen and oxygen atoms in total. The van der Waals surface area contributed by atoms with E-state index in [1.807, 2.05) is 12.2 Å². The zero-order chi connectivity index (χ0) is 13.0. The van der Waals surface area contributed by atoms with Crippen molar-refractivity contribution in [3.8, 4) is 0 Å². The molecule has 0 atom stereocenters. The molecule has 0 radical (unpaired) electrons. The van der Waals surface area contributed by atoms with Gasteiger partial charge in [-0.05, 0) is 52.1 Å². The molecule has 0 unspecified atom stereocenters. The van der Waals surface area contributed by atoms with E-state index in [-0.39, 0.29) is 5.78 Å². The molecular weight excluding hydrogens is 300 g/mol. The molecule has 0 N–H and O–H groups in total. The Morgan fingerprint density at radius 2 is 2.11 bits per heavy atom. The van der Waals surface area contributed by atoms with Gasteiger partial charge in [-0.3, -0.25) is 4.79 Å². The van der Waals surface area contributed by atoms with E-state index in [4.69, 9.17) is 0 Å². The summed E-state index contributed by atoms with van der Waals surface area (Å²) >= 11 is 3.54. The van der Waals surface area contributed by atoms with E-state index in [0.29, 0.717) is 0 Å². The maximum absolute atomic E-state index is 12.2. The molecule has 92 valence electrons. The van der Waals surface area contributed by atoms with Crippen molar-refractivity contribution in [2.75, 3.05) is 0 Å². The summed E-state index contributed by atoms with van der Waals surface area (Å²) in [6.07, 6.45) is 11.7. The van der Waals surface area contributed by atoms with Crippen molar-refractivity contribution in [2.45, 2.75) is 12.8 Å². The minimum absolute atomic E-state index is 0.140. The predicted octanol–water partition coefficient (Wildman–Crippen LogP) is 2.54. The predicted molar refractivity (Wildman–Crippen MR) is 80.4 cm³/mol. The van der Waals surface area contributed by atoms with Crippen LogP contribution in [0, 0.1) is 0 Å². The van der Waals surface area contributed by atoms with E-state index in [0.717, 1.165) is 28.1 Å². The van der Waals surface area contributed by atoms with Gasteiger partial charge in [0.25, 0.3) is 0 Å². The van der Waals surface area contributed by atoms with E-state index in [9.17, 15) is 4.79 Å². The van der Waals surface area contributed by atoms with Crippen LogP contribution in [0.2, 0.25) is 0 Å². The second-order valence-electron chi connectivity index (χ2n) is 5.06. The Kier molecular flexibility index (Phi) is 2.30. The summed E-state index contributed by atoms with van der Waals surface area (Å²) in [6, 6.07) is 4.24. The molecule has 4 rings (SSSR count). The van der Waals surface area contributed by atoms with Crippen LogP contribution in [0.4, 0.5) is 0 Å². The monoisotopic (exact) mass is 310 g/mol. The lowest BCUT2D eigenvalue weighted by Crippen LogP contribution is -2.24. The van der Waals surface area contributed by atoms with E-state index < -0.39 is 0 Å². The smallest absolute Gasteiger partial charge is 0.186 e. The lowest BCUT2D eigenvalue weighted by Gasteiger charge is -2.09. The summed E-state index contributed by atoms with van der Waals surface area (Å²) in [5, 5.41) is 2.32. The molecule has 1 aromatic rings. The van der Waals surface area contributed by atoms with Crippen molar-refractivity contribution in [3.63, 3.8) is 0 Å². The SMILES string of the molecule is O=C1C=CC=c2ccc3c(c21)CC1=CC(Br)=CCC=31. The van der Waals surface area contributed by atoms with Crippen LogP contribution in [-0.2, 0) is 6.42 Å². The highest BCUT2D eigenvalue weighted by molar-refractivity contribution is 9.11. The van der Waals surface area contributed by atoms with Crippen molar-refractivity contribution in [1.29, 1.82) is 0 Å². The fraction of sp³-hybridized carbons (Fsp3) is 0.118. The molecule has 0 spiro atoms. The third kappa shape index (κ3) is 1.56. The van der Waals surface area contributed by atoms with Gasteiger partial charge in [0, 0.05) is 10.0 Å². The van der Waals surface area contributed by atoms with Gasteiger partial charge in [-0.25, -0.2) is 0 Å². The van der Waals surface area contributed by atoms with Gasteiger partial charge >= 0.3 is 0 Å². The first-order valence-electron chi connectivity index (χ1n) is 6.38. The summed E-state index contributed by atoms with van der Waals surface area (Å²) in [7, 11) is 0. The first-order valence-corrected chi connectivity index (χ1v) is 7.18. The zero-order valence-corrected chi connectivity index (χ0v) is 11.8. The quantitative estimate of drug-likeness (QED) is 0.720. The Morgan fingerprint density at radius 3 is 3.00 bits per heavy atom. The van der Waals surface area contributed by atoms with Gasteiger partial charge in [0.15, 0.2) is 5.78 Å². The first kappa shape index (κ1) is 11.2. The van der Waals surface area contributed by atoms with Gasteiger partial charge in [-0.1, -0.05) is 46.3 Å². The summed E-state index contributed by atoms with van der Waals surface area (Å²) in [6.45, 7) is 0. The Labute approximate surface area is 119 Å². The van der Waals surface area contributed by atoms with Gasteiger partial charge in [-0.2, -0.15) is 0 Å². The second kappa shape index (κ2) is 3.91. The van der Waals surface area contributed by atoms with Crippen LogP contribution in [0.1, 0.15) is 22.3 Å². The molecule has 0 aromatic heterocycles. The van der Waals surface area contributed by atoms with Gasteiger partial charge < -0.3 is 0 Å². The van der Waals surface area contributed by atoms with Gasteiger partial charge in [0.1, 0.15) is 0 Å². The van der Waals surface area contributed by atoms with Gasteiger partial charge in [0.2, 0.25) is 0 Å². The topological polar surface area (TPSA) is 17.1 Å². The van der Waals surface area contributed by atoms with Gasteiger partial charge in [-0.15, -0.1) is 0 Å². The van der Waals surface area contributed by atoms with Crippen LogP contribution in [0.3, 0.4) is 0 Å². The number of hydrogen-bond acceptors (Lipinski definition) is 1.